The van der Waals surface area contributed by atoms with Gasteiger partial charge in [-0.2, -0.15) is 9.97 Å². The van der Waals surface area contributed by atoms with Crippen molar-refractivity contribution in [1.82, 2.24) is 19.8 Å². The first kappa shape index (κ1) is 28.3. The second-order valence-electron chi connectivity index (χ2n) is 11.5. The van der Waals surface area contributed by atoms with Gasteiger partial charge < -0.3 is 14.5 Å². The molecule has 4 heterocycles. The fourth-order valence-corrected chi connectivity index (χ4v) is 7.40. The summed E-state index contributed by atoms with van der Waals surface area (Å²) in [6.45, 7) is 5.24. The molecule has 0 bridgehead atoms. The van der Waals surface area contributed by atoms with E-state index in [2.05, 4.69) is 16.5 Å². The number of ether oxygens (including phenoxy) is 1. The van der Waals surface area contributed by atoms with Crippen molar-refractivity contribution in [2.24, 2.45) is 0 Å². The van der Waals surface area contributed by atoms with E-state index in [0.29, 0.717) is 53.2 Å². The molecule has 7 rings (SSSR count). The van der Waals surface area contributed by atoms with Crippen molar-refractivity contribution in [3.05, 3.63) is 71.0 Å². The normalized spacial score (nSPS) is 23.6. The van der Waals surface area contributed by atoms with Gasteiger partial charge in [0.25, 0.3) is 0 Å². The van der Waals surface area contributed by atoms with Gasteiger partial charge in [0, 0.05) is 47.0 Å². The molecule has 0 spiro atoms. The maximum atomic E-state index is 16.7. The highest BCUT2D eigenvalue weighted by atomic mass is 35.5. The number of hydrogen-bond acceptors (Lipinski definition) is 6. The molecule has 3 aliphatic heterocycles. The third-order valence-electron chi connectivity index (χ3n) is 9.03. The molecule has 3 fully saturated rings. The largest absolute Gasteiger partial charge is 0.462 e. The van der Waals surface area contributed by atoms with Crippen molar-refractivity contribution in [3.8, 4) is 17.1 Å². The standard InChI is InChI=1S/C32H29Cl2F2N5O2/c1-3-26(42)40-11-10-24-25(40)15-41(24)31-21-13-23(34)28(20-8-4-6-17-7-5-9-22(33)27(17)20)29(36)30(21)37-32(38-31)43-16-19-12-18(35)14-39(19)2/h3-9,13,18-19,24-25H,1,10-12,14-16H2,2H3/t18-,19+,24?,25-/m1/s1. The number of aromatic nitrogens is 2. The summed E-state index contributed by atoms with van der Waals surface area (Å²) in [5.74, 6) is -0.235. The molecule has 11 heteroatoms. The highest BCUT2D eigenvalue weighted by Crippen LogP contribution is 2.45. The lowest BCUT2D eigenvalue weighted by Gasteiger charge is -2.47. The molecule has 4 atom stereocenters. The lowest BCUT2D eigenvalue weighted by Crippen LogP contribution is -2.63. The van der Waals surface area contributed by atoms with E-state index >= 15 is 4.39 Å². The summed E-state index contributed by atoms with van der Waals surface area (Å²) in [6.07, 6.45) is 1.48. The number of rotatable bonds is 6. The summed E-state index contributed by atoms with van der Waals surface area (Å²) in [5, 5.41) is 2.66. The third kappa shape index (κ3) is 4.69. The topological polar surface area (TPSA) is 61.8 Å². The van der Waals surface area contributed by atoms with Gasteiger partial charge >= 0.3 is 6.01 Å². The minimum Gasteiger partial charge on any atom is -0.462 e. The van der Waals surface area contributed by atoms with Crippen molar-refractivity contribution in [3.63, 3.8) is 0 Å². The van der Waals surface area contributed by atoms with Gasteiger partial charge in [-0.3, -0.25) is 9.69 Å². The van der Waals surface area contributed by atoms with Gasteiger partial charge in [0.2, 0.25) is 5.91 Å². The number of hydrogen-bond donors (Lipinski definition) is 0. The van der Waals surface area contributed by atoms with Gasteiger partial charge in [-0.25, -0.2) is 8.78 Å². The molecule has 1 unspecified atom stereocenters. The molecule has 0 radical (unpaired) electrons. The number of fused-ring (bicyclic) bond motifs is 3. The zero-order chi connectivity index (χ0) is 30.0. The highest BCUT2D eigenvalue weighted by molar-refractivity contribution is 6.38. The van der Waals surface area contributed by atoms with E-state index < -0.39 is 12.0 Å². The number of nitrogens with zero attached hydrogens (tertiary/aromatic N) is 5. The molecule has 0 saturated carbocycles. The summed E-state index contributed by atoms with van der Waals surface area (Å²) in [5.41, 5.74) is 0.798. The SMILES string of the molecule is C=CC(=O)N1CCC2[C@H]1CN2c1nc(OC[C@@H]2C[C@@H](F)CN2C)nc2c(F)c(-c3cccc4cccc(Cl)c34)c(Cl)cc12. The molecular weight excluding hydrogens is 595 g/mol. The molecule has 0 aliphatic carbocycles. The van der Waals surface area contributed by atoms with Gasteiger partial charge in [-0.1, -0.05) is 60.1 Å². The molecule has 1 amide bonds. The predicted octanol–water partition coefficient (Wildman–Crippen LogP) is 6.29. The van der Waals surface area contributed by atoms with Crippen LogP contribution in [0.1, 0.15) is 12.8 Å². The van der Waals surface area contributed by atoms with Crippen molar-refractivity contribution < 1.29 is 18.3 Å². The average molecular weight is 625 g/mol. The van der Waals surface area contributed by atoms with Crippen LogP contribution in [0, 0.1) is 5.82 Å². The van der Waals surface area contributed by atoms with Gasteiger partial charge in [0.15, 0.2) is 5.82 Å². The summed E-state index contributed by atoms with van der Waals surface area (Å²) in [4.78, 5) is 27.4. The average Bonchev–Trinajstić information content (AvgIpc) is 3.48. The lowest BCUT2D eigenvalue weighted by atomic mass is 9.94. The summed E-state index contributed by atoms with van der Waals surface area (Å²) < 4.78 is 36.8. The van der Waals surface area contributed by atoms with E-state index in [0.717, 1.165) is 11.8 Å². The summed E-state index contributed by atoms with van der Waals surface area (Å²) in [7, 11) is 1.85. The van der Waals surface area contributed by atoms with Gasteiger partial charge in [-0.15, -0.1) is 0 Å². The Labute approximate surface area is 257 Å². The third-order valence-corrected chi connectivity index (χ3v) is 9.64. The second kappa shape index (κ2) is 10.9. The van der Waals surface area contributed by atoms with Crippen LogP contribution in [0.4, 0.5) is 14.6 Å². The molecule has 4 aromatic rings. The number of likely N-dealkylation sites (tertiary alicyclic amines) is 2. The minimum absolute atomic E-state index is 0.00139. The van der Waals surface area contributed by atoms with Crippen LogP contribution in [-0.2, 0) is 4.79 Å². The Morgan fingerprint density at radius 3 is 2.67 bits per heavy atom. The fourth-order valence-electron chi connectivity index (χ4n) is 6.83. The Bertz CT molecular complexity index is 1780. The number of carbonyl (C=O) groups is 1. The molecule has 7 nitrogen and oxygen atoms in total. The van der Waals surface area contributed by atoms with Crippen LogP contribution in [-0.4, -0.2) is 83.3 Å². The first-order valence-electron chi connectivity index (χ1n) is 14.3. The van der Waals surface area contributed by atoms with Crippen LogP contribution in [0.3, 0.4) is 0 Å². The van der Waals surface area contributed by atoms with Gasteiger partial charge in [-0.05, 0) is 49.0 Å². The van der Waals surface area contributed by atoms with E-state index in [1.807, 2.05) is 41.1 Å². The lowest BCUT2D eigenvalue weighted by molar-refractivity contribution is -0.127. The second-order valence-corrected chi connectivity index (χ2v) is 12.3. The van der Waals surface area contributed by atoms with Crippen LogP contribution >= 0.6 is 23.2 Å². The minimum atomic E-state index is -0.928. The van der Waals surface area contributed by atoms with Crippen LogP contribution in [0.5, 0.6) is 6.01 Å². The highest BCUT2D eigenvalue weighted by Gasteiger charge is 2.49. The predicted molar refractivity (Wildman–Crippen MR) is 165 cm³/mol. The van der Waals surface area contributed by atoms with E-state index in [-0.39, 0.29) is 52.8 Å². The molecule has 3 aliphatic rings. The van der Waals surface area contributed by atoms with E-state index in [4.69, 9.17) is 32.9 Å². The Morgan fingerprint density at radius 1 is 1.14 bits per heavy atom. The smallest absolute Gasteiger partial charge is 0.319 e. The molecule has 0 N–H and O–H groups in total. The number of alkyl halides is 1. The van der Waals surface area contributed by atoms with Gasteiger partial charge in [0.1, 0.15) is 24.1 Å². The van der Waals surface area contributed by atoms with Crippen LogP contribution in [0.2, 0.25) is 10.0 Å². The Hall–Kier alpha value is -3.53. The van der Waals surface area contributed by atoms with Crippen LogP contribution in [0.15, 0.2) is 55.1 Å². The van der Waals surface area contributed by atoms with Crippen molar-refractivity contribution in [1.29, 1.82) is 0 Å². The maximum absolute atomic E-state index is 16.7. The summed E-state index contributed by atoms with van der Waals surface area (Å²) >= 11 is 13.4. The van der Waals surface area contributed by atoms with Crippen molar-refractivity contribution >= 4 is 56.6 Å². The number of amides is 1. The van der Waals surface area contributed by atoms with E-state index in [1.54, 1.807) is 18.2 Å². The maximum Gasteiger partial charge on any atom is 0.319 e. The number of carbonyl (C=O) groups excluding carboxylic acids is 1. The van der Waals surface area contributed by atoms with E-state index in [1.165, 1.54) is 6.08 Å². The fraction of sp³-hybridized carbons (Fsp3) is 0.344. The Kier molecular flexibility index (Phi) is 7.15. The number of benzene rings is 3. The molecule has 43 heavy (non-hydrogen) atoms. The van der Waals surface area contributed by atoms with Gasteiger partial charge in [0.05, 0.1) is 17.1 Å². The molecule has 222 valence electrons. The zero-order valence-corrected chi connectivity index (χ0v) is 25.0. The molecule has 3 aromatic carbocycles. The summed E-state index contributed by atoms with van der Waals surface area (Å²) in [6, 6.07) is 12.6. The zero-order valence-electron chi connectivity index (χ0n) is 23.4. The number of anilines is 1. The number of halogens is 4. The number of likely N-dealkylation sites (N-methyl/N-ethyl adjacent to an activating group) is 1. The first-order valence-corrected chi connectivity index (χ1v) is 15.0. The molecule has 1 aromatic heterocycles. The van der Waals surface area contributed by atoms with E-state index in [9.17, 15) is 9.18 Å². The quantitative estimate of drug-likeness (QED) is 0.235. The van der Waals surface area contributed by atoms with Crippen LogP contribution in [0.25, 0.3) is 32.8 Å². The van der Waals surface area contributed by atoms with Crippen LogP contribution < -0.4 is 9.64 Å². The Morgan fingerprint density at radius 2 is 1.93 bits per heavy atom. The van der Waals surface area contributed by atoms with Crippen molar-refractivity contribution in [2.45, 2.75) is 37.1 Å². The molecular formula is C32H29Cl2F2N5O2. The Balaban J connectivity index is 1.35. The molecule has 3 saturated heterocycles. The van der Waals surface area contributed by atoms with Crippen molar-refractivity contribution in [2.75, 3.05) is 38.2 Å². The monoisotopic (exact) mass is 623 g/mol. The first-order chi connectivity index (χ1) is 20.7.